The molecule has 0 saturated carbocycles. The Labute approximate surface area is 50.9 Å². The van der Waals surface area contributed by atoms with Crippen LogP contribution in [0.5, 0.6) is 0 Å². The first-order chi connectivity index (χ1) is 2.64. The Kier molecular flexibility index (Phi) is 3.03. The molecule has 6 heavy (non-hydrogen) atoms. The second-order valence-electron chi connectivity index (χ2n) is 1.36. The Morgan fingerprint density at radius 2 is 2.00 bits per heavy atom. The molecule has 0 amide bonds. The summed E-state index contributed by atoms with van der Waals surface area (Å²) in [5.74, 6) is 0. The SMILES string of the molecule is C[C](=[Sn])C(C)O. The van der Waals surface area contributed by atoms with Crippen LogP contribution in [0.3, 0.4) is 0 Å². The van der Waals surface area contributed by atoms with Crippen molar-refractivity contribution in [3.05, 3.63) is 0 Å². The first kappa shape index (κ1) is 6.63. The number of hydrogen-bond acceptors (Lipinski definition) is 1. The van der Waals surface area contributed by atoms with E-state index in [0.717, 1.165) is 3.52 Å². The molecule has 0 aliphatic heterocycles. The molecule has 0 aromatic heterocycles. The van der Waals surface area contributed by atoms with Gasteiger partial charge in [-0.25, -0.2) is 0 Å². The summed E-state index contributed by atoms with van der Waals surface area (Å²) < 4.78 is 1.15. The first-order valence-corrected chi connectivity index (χ1v) is 3.30. The molecular formula is C4H8OSn. The Morgan fingerprint density at radius 3 is 2.00 bits per heavy atom. The third-order valence-electron chi connectivity index (χ3n) is 0.627. The van der Waals surface area contributed by atoms with Gasteiger partial charge in [0.05, 0.1) is 0 Å². The van der Waals surface area contributed by atoms with Crippen molar-refractivity contribution in [2.75, 3.05) is 0 Å². The normalized spacial score (nSPS) is 13.8. The average molecular weight is 191 g/mol. The molecule has 0 rings (SSSR count). The van der Waals surface area contributed by atoms with Gasteiger partial charge in [-0.05, 0) is 0 Å². The quantitative estimate of drug-likeness (QED) is 0.565. The van der Waals surface area contributed by atoms with Crippen LogP contribution in [-0.4, -0.2) is 36.8 Å². The summed E-state index contributed by atoms with van der Waals surface area (Å²) in [5, 5.41) is 8.62. The van der Waals surface area contributed by atoms with E-state index in [1.54, 1.807) is 6.92 Å². The zero-order chi connectivity index (χ0) is 5.15. The van der Waals surface area contributed by atoms with Crippen LogP contribution >= 0.6 is 0 Å². The van der Waals surface area contributed by atoms with Crippen LogP contribution in [0.15, 0.2) is 0 Å². The first-order valence-electron chi connectivity index (χ1n) is 1.87. The summed E-state index contributed by atoms with van der Waals surface area (Å²) in [4.78, 5) is 0. The minimum atomic E-state index is -0.191. The number of aliphatic hydroxyl groups excluding tert-OH is 1. The van der Waals surface area contributed by atoms with Crippen molar-refractivity contribution in [1.29, 1.82) is 0 Å². The molecule has 2 radical (unpaired) electrons. The fourth-order valence-corrected chi connectivity index (χ4v) is 0. The van der Waals surface area contributed by atoms with Crippen LogP contribution in [0.1, 0.15) is 13.8 Å². The molecule has 1 unspecified atom stereocenters. The zero-order valence-corrected chi connectivity index (χ0v) is 6.88. The van der Waals surface area contributed by atoms with E-state index < -0.39 is 0 Å². The van der Waals surface area contributed by atoms with Gasteiger partial charge in [0, 0.05) is 0 Å². The topological polar surface area (TPSA) is 20.2 Å². The third kappa shape index (κ3) is 2.84. The molecule has 0 heterocycles. The molecule has 0 bridgehead atoms. The fourth-order valence-electron chi connectivity index (χ4n) is 0. The van der Waals surface area contributed by atoms with E-state index in [1.807, 2.05) is 6.92 Å². The van der Waals surface area contributed by atoms with Crippen LogP contribution in [0.25, 0.3) is 0 Å². The van der Waals surface area contributed by atoms with E-state index >= 15 is 0 Å². The van der Waals surface area contributed by atoms with Gasteiger partial charge in [0.15, 0.2) is 0 Å². The molecular weight excluding hydrogens is 183 g/mol. The second kappa shape index (κ2) is 2.74. The molecule has 0 aliphatic rings. The Hall–Kier alpha value is 0.629. The van der Waals surface area contributed by atoms with Gasteiger partial charge in [0.2, 0.25) is 0 Å². The summed E-state index contributed by atoms with van der Waals surface area (Å²) in [7, 11) is 0. The predicted octanol–water partition coefficient (Wildman–Crippen LogP) is -0.272. The molecule has 2 heteroatoms. The molecule has 0 aromatic carbocycles. The Balaban J connectivity index is 3.26. The van der Waals surface area contributed by atoms with E-state index in [9.17, 15) is 0 Å². The van der Waals surface area contributed by atoms with Crippen LogP contribution < -0.4 is 0 Å². The molecule has 0 aliphatic carbocycles. The van der Waals surface area contributed by atoms with Crippen LogP contribution in [0.4, 0.5) is 0 Å². The number of aliphatic hydroxyl groups is 1. The standard InChI is InChI=1S/C4H8O.Sn/c1-3-4(2)5;/h4-5H,1-2H3;. The number of rotatable bonds is 1. The molecule has 34 valence electrons. The van der Waals surface area contributed by atoms with Gasteiger partial charge >= 0.3 is 50.6 Å². The van der Waals surface area contributed by atoms with Crippen molar-refractivity contribution in [1.82, 2.24) is 0 Å². The van der Waals surface area contributed by atoms with Crippen LogP contribution in [0, 0.1) is 0 Å². The summed E-state index contributed by atoms with van der Waals surface area (Å²) in [5.41, 5.74) is 0. The van der Waals surface area contributed by atoms with Crippen LogP contribution in [-0.2, 0) is 0 Å². The molecule has 1 N–H and O–H groups in total. The zero-order valence-electron chi connectivity index (χ0n) is 4.02. The summed E-state index contributed by atoms with van der Waals surface area (Å²) >= 11 is 1.33. The second-order valence-corrected chi connectivity index (χ2v) is 3.61. The summed E-state index contributed by atoms with van der Waals surface area (Å²) in [6.45, 7) is 3.73. The van der Waals surface area contributed by atoms with Gasteiger partial charge in [-0.2, -0.15) is 0 Å². The molecule has 1 nitrogen and oxygen atoms in total. The molecule has 0 aromatic rings. The van der Waals surface area contributed by atoms with Gasteiger partial charge < -0.3 is 0 Å². The maximum atomic E-state index is 8.62. The average Bonchev–Trinajstić information content (AvgIpc) is 1.36. The summed E-state index contributed by atoms with van der Waals surface area (Å²) in [6, 6.07) is 0. The minimum absolute atomic E-state index is 0.191. The van der Waals surface area contributed by atoms with E-state index in [2.05, 4.69) is 0 Å². The van der Waals surface area contributed by atoms with Gasteiger partial charge in [-0.3, -0.25) is 0 Å². The summed E-state index contributed by atoms with van der Waals surface area (Å²) in [6.07, 6.45) is -0.191. The van der Waals surface area contributed by atoms with Crippen molar-refractivity contribution in [3.63, 3.8) is 0 Å². The monoisotopic (exact) mass is 192 g/mol. The van der Waals surface area contributed by atoms with E-state index in [4.69, 9.17) is 5.11 Å². The van der Waals surface area contributed by atoms with Gasteiger partial charge in [0.1, 0.15) is 0 Å². The predicted molar refractivity (Wildman–Crippen MR) is 28.1 cm³/mol. The van der Waals surface area contributed by atoms with Gasteiger partial charge in [0.25, 0.3) is 0 Å². The Morgan fingerprint density at radius 1 is 1.83 bits per heavy atom. The fraction of sp³-hybridized carbons (Fsp3) is 0.750. The van der Waals surface area contributed by atoms with Crippen molar-refractivity contribution in [3.8, 4) is 0 Å². The molecule has 0 spiro atoms. The van der Waals surface area contributed by atoms with Crippen LogP contribution in [0.2, 0.25) is 0 Å². The van der Waals surface area contributed by atoms with Crippen molar-refractivity contribution in [2.24, 2.45) is 0 Å². The van der Waals surface area contributed by atoms with Gasteiger partial charge in [-0.15, -0.1) is 0 Å². The maximum absolute atomic E-state index is 8.62. The number of hydrogen-bond donors (Lipinski definition) is 1. The van der Waals surface area contributed by atoms with Crippen molar-refractivity contribution >= 4 is 25.6 Å². The van der Waals surface area contributed by atoms with Crippen molar-refractivity contribution in [2.45, 2.75) is 20.0 Å². The van der Waals surface area contributed by atoms with E-state index in [1.165, 1.54) is 22.1 Å². The van der Waals surface area contributed by atoms with E-state index in [0.29, 0.717) is 0 Å². The molecule has 0 saturated heterocycles. The van der Waals surface area contributed by atoms with Crippen molar-refractivity contribution < 1.29 is 5.11 Å². The van der Waals surface area contributed by atoms with Gasteiger partial charge in [-0.1, -0.05) is 0 Å². The Bertz CT molecular complexity index is 58.6. The molecule has 1 atom stereocenters. The third-order valence-corrected chi connectivity index (χ3v) is 1.82. The van der Waals surface area contributed by atoms with E-state index in [-0.39, 0.29) is 6.10 Å². The molecule has 0 fully saturated rings.